The standard InChI is InChI=1S/C29H26O2.C8H14O3.C2H6.CH4/c30-25-14-11-23(12-15-25)29-27(22-9-5-2-6-10-22)17-13-24-19-26(16-18-28(24)29)31-20-21-7-3-1-4-8-21;1-2-10-8(9)6-11-7-4-3-5-7;1-2;/h1-12,14-16,18-19,27,29-30H,13,17,20H2;7H,2-6H2,1H3;1-2H3;1H4. The molecule has 5 heteroatoms. The van der Waals surface area contributed by atoms with Gasteiger partial charge in [0.1, 0.15) is 24.7 Å². The summed E-state index contributed by atoms with van der Waals surface area (Å²) in [5, 5.41) is 9.81. The molecule has 6 rings (SSSR count). The molecule has 0 radical (unpaired) electrons. The number of ether oxygens (including phenoxy) is 3. The van der Waals surface area contributed by atoms with Crippen molar-refractivity contribution in [2.24, 2.45) is 0 Å². The molecule has 0 bridgehead atoms. The molecule has 0 spiro atoms. The molecule has 1 fully saturated rings. The number of phenolic OH excluding ortho intramolecular Hbond substituents is 1. The number of carbonyl (C=O) groups excluding carboxylic acids is 1. The van der Waals surface area contributed by atoms with Gasteiger partial charge in [0.05, 0.1) is 12.7 Å². The lowest BCUT2D eigenvalue weighted by Crippen LogP contribution is -2.25. The van der Waals surface area contributed by atoms with Crippen molar-refractivity contribution in [3.05, 3.63) is 131 Å². The summed E-state index contributed by atoms with van der Waals surface area (Å²) in [6.07, 6.45) is 5.86. The molecule has 2 unspecified atom stereocenters. The van der Waals surface area contributed by atoms with Gasteiger partial charge in [0.25, 0.3) is 0 Å². The van der Waals surface area contributed by atoms with Crippen LogP contribution >= 0.6 is 0 Å². The molecule has 2 aliphatic carbocycles. The van der Waals surface area contributed by atoms with Crippen molar-refractivity contribution in [2.45, 2.75) is 84.8 Å². The molecule has 4 aromatic carbocycles. The van der Waals surface area contributed by atoms with Crippen LogP contribution in [0.2, 0.25) is 0 Å². The highest BCUT2D eigenvalue weighted by atomic mass is 16.6. The largest absolute Gasteiger partial charge is 0.508 e. The van der Waals surface area contributed by atoms with Gasteiger partial charge in [-0.15, -0.1) is 0 Å². The van der Waals surface area contributed by atoms with Crippen LogP contribution in [-0.2, 0) is 27.3 Å². The molecule has 2 atom stereocenters. The summed E-state index contributed by atoms with van der Waals surface area (Å²) in [7, 11) is 0. The molecule has 0 aromatic heterocycles. The Kier molecular flexibility index (Phi) is 14.7. The van der Waals surface area contributed by atoms with E-state index in [0.717, 1.165) is 31.4 Å². The van der Waals surface area contributed by atoms with Gasteiger partial charge in [-0.2, -0.15) is 0 Å². The number of rotatable bonds is 9. The Morgan fingerprint density at radius 2 is 1.49 bits per heavy atom. The number of hydrogen-bond donors (Lipinski definition) is 1. The molecule has 1 N–H and O–H groups in total. The topological polar surface area (TPSA) is 65.0 Å². The van der Waals surface area contributed by atoms with Gasteiger partial charge in [-0.3, -0.25) is 0 Å². The van der Waals surface area contributed by atoms with Gasteiger partial charge in [0.15, 0.2) is 0 Å². The van der Waals surface area contributed by atoms with Crippen molar-refractivity contribution in [2.75, 3.05) is 13.2 Å². The van der Waals surface area contributed by atoms with E-state index in [1.165, 1.54) is 34.2 Å². The van der Waals surface area contributed by atoms with Crippen LogP contribution < -0.4 is 4.74 Å². The summed E-state index contributed by atoms with van der Waals surface area (Å²) in [6.45, 7) is 6.93. The van der Waals surface area contributed by atoms with E-state index in [1.807, 2.05) is 32.0 Å². The average Bonchev–Trinajstić information content (AvgIpc) is 3.05. The van der Waals surface area contributed by atoms with Crippen molar-refractivity contribution in [3.8, 4) is 11.5 Å². The lowest BCUT2D eigenvalue weighted by molar-refractivity contribution is -0.152. The molecule has 2 aliphatic rings. The predicted molar refractivity (Wildman–Crippen MR) is 183 cm³/mol. The summed E-state index contributed by atoms with van der Waals surface area (Å²) in [5.41, 5.74) is 6.50. The second kappa shape index (κ2) is 18.7. The molecule has 0 aliphatic heterocycles. The zero-order valence-corrected chi connectivity index (χ0v) is 26.3. The maximum atomic E-state index is 10.7. The zero-order chi connectivity index (χ0) is 31.1. The second-order valence-corrected chi connectivity index (χ2v) is 10.9. The van der Waals surface area contributed by atoms with Crippen LogP contribution in [0, 0.1) is 0 Å². The number of hydrogen-bond acceptors (Lipinski definition) is 5. The second-order valence-electron chi connectivity index (χ2n) is 10.9. The fourth-order valence-corrected chi connectivity index (χ4v) is 5.71. The molecule has 0 saturated heterocycles. The number of carbonyl (C=O) groups is 1. The third-order valence-electron chi connectivity index (χ3n) is 8.10. The normalized spacial score (nSPS) is 16.6. The number of benzene rings is 4. The van der Waals surface area contributed by atoms with E-state index in [4.69, 9.17) is 14.2 Å². The van der Waals surface area contributed by atoms with Gasteiger partial charge >= 0.3 is 5.97 Å². The van der Waals surface area contributed by atoms with Crippen LogP contribution in [0.1, 0.15) is 93.5 Å². The molecular weight excluding hydrogens is 560 g/mol. The van der Waals surface area contributed by atoms with Crippen LogP contribution in [-0.4, -0.2) is 30.4 Å². The minimum Gasteiger partial charge on any atom is -0.508 e. The molecule has 45 heavy (non-hydrogen) atoms. The number of fused-ring (bicyclic) bond motifs is 1. The number of aromatic hydroxyl groups is 1. The van der Waals surface area contributed by atoms with Gasteiger partial charge < -0.3 is 19.3 Å². The van der Waals surface area contributed by atoms with E-state index < -0.39 is 0 Å². The first-order chi connectivity index (χ1) is 21.6. The minimum absolute atomic E-state index is 0. The predicted octanol–water partition coefficient (Wildman–Crippen LogP) is 9.61. The van der Waals surface area contributed by atoms with Gasteiger partial charge in [-0.25, -0.2) is 4.79 Å². The zero-order valence-electron chi connectivity index (χ0n) is 26.3. The average molecular weight is 611 g/mol. The first kappa shape index (κ1) is 35.4. The van der Waals surface area contributed by atoms with Crippen LogP contribution in [0.4, 0.5) is 0 Å². The van der Waals surface area contributed by atoms with Crippen LogP contribution in [0.3, 0.4) is 0 Å². The SMILES string of the molecule is C.CC.CCOC(=O)COC1CCC1.Oc1ccc(C2c3ccc(OCc4ccccc4)cc3CCC2c2ccccc2)cc1. The van der Waals surface area contributed by atoms with E-state index in [-0.39, 0.29) is 25.9 Å². The van der Waals surface area contributed by atoms with Crippen LogP contribution in [0.15, 0.2) is 103 Å². The van der Waals surface area contributed by atoms with Crippen molar-refractivity contribution in [1.82, 2.24) is 0 Å². The smallest absolute Gasteiger partial charge is 0.332 e. The first-order valence-electron chi connectivity index (χ1n) is 16.0. The molecule has 4 aromatic rings. The van der Waals surface area contributed by atoms with Gasteiger partial charge in [0, 0.05) is 5.92 Å². The third-order valence-corrected chi connectivity index (χ3v) is 8.10. The molecular formula is C40H50O5. The van der Waals surface area contributed by atoms with Crippen molar-refractivity contribution < 1.29 is 24.1 Å². The van der Waals surface area contributed by atoms with Crippen molar-refractivity contribution in [3.63, 3.8) is 0 Å². The monoisotopic (exact) mass is 610 g/mol. The fraction of sp³-hybridized carbons (Fsp3) is 0.375. The van der Waals surface area contributed by atoms with Crippen LogP contribution in [0.25, 0.3) is 0 Å². The Morgan fingerprint density at radius 1 is 0.822 bits per heavy atom. The highest BCUT2D eigenvalue weighted by Gasteiger charge is 2.32. The van der Waals surface area contributed by atoms with E-state index in [9.17, 15) is 9.90 Å². The Bertz CT molecular complexity index is 1400. The lowest BCUT2D eigenvalue weighted by Gasteiger charge is -2.35. The minimum atomic E-state index is -0.251. The van der Waals surface area contributed by atoms with Gasteiger partial charge in [-0.1, -0.05) is 100 Å². The Labute approximate surface area is 270 Å². The van der Waals surface area contributed by atoms with E-state index in [0.29, 0.717) is 31.0 Å². The summed E-state index contributed by atoms with van der Waals surface area (Å²) < 4.78 is 16.0. The van der Waals surface area contributed by atoms with Crippen molar-refractivity contribution >= 4 is 5.97 Å². The highest BCUT2D eigenvalue weighted by Crippen LogP contribution is 2.47. The van der Waals surface area contributed by atoms with Gasteiger partial charge in [0.2, 0.25) is 0 Å². The molecule has 5 nitrogen and oxygen atoms in total. The Hall–Kier alpha value is -4.09. The Morgan fingerprint density at radius 3 is 2.11 bits per heavy atom. The van der Waals surface area contributed by atoms with Gasteiger partial charge in [-0.05, 0) is 97.0 Å². The van der Waals surface area contributed by atoms with E-state index in [1.54, 1.807) is 19.1 Å². The third kappa shape index (κ3) is 10.2. The fourth-order valence-electron chi connectivity index (χ4n) is 5.71. The summed E-state index contributed by atoms with van der Waals surface area (Å²) in [5.74, 6) is 1.65. The summed E-state index contributed by atoms with van der Waals surface area (Å²) >= 11 is 0. The highest BCUT2D eigenvalue weighted by molar-refractivity contribution is 5.70. The maximum Gasteiger partial charge on any atom is 0.332 e. The van der Waals surface area contributed by atoms with E-state index in [2.05, 4.69) is 72.8 Å². The molecule has 1 saturated carbocycles. The number of esters is 1. The summed E-state index contributed by atoms with van der Waals surface area (Å²) in [4.78, 5) is 10.7. The number of phenols is 1. The quantitative estimate of drug-likeness (QED) is 0.191. The summed E-state index contributed by atoms with van der Waals surface area (Å²) in [6, 6.07) is 35.3. The maximum absolute atomic E-state index is 10.7. The van der Waals surface area contributed by atoms with E-state index >= 15 is 0 Å². The Balaban J connectivity index is 0.000000334. The molecule has 0 amide bonds. The number of aryl methyl sites for hydroxylation is 1. The van der Waals surface area contributed by atoms with Crippen LogP contribution in [0.5, 0.6) is 11.5 Å². The first-order valence-corrected chi connectivity index (χ1v) is 16.0. The molecule has 240 valence electrons. The molecule has 0 heterocycles. The van der Waals surface area contributed by atoms with Crippen molar-refractivity contribution in [1.29, 1.82) is 0 Å². The lowest BCUT2D eigenvalue weighted by atomic mass is 9.69.